The standard InChI is InChI=1S/C25H29IN2O/c1-27(2)20-10-8-14-24(15-9-11-21-28(3)4)29-25-18-16-23(17-19-25)26-22-12-6-5-7-13-22/h5-21H,1-4H3. The maximum atomic E-state index is 6.09. The van der Waals surface area contributed by atoms with Gasteiger partial charge >= 0.3 is 186 Å². The molecule has 0 aromatic heterocycles. The number of ether oxygens (including phenoxy) is 1. The van der Waals surface area contributed by atoms with Gasteiger partial charge in [0, 0.05) is 0 Å². The molecule has 2 rings (SSSR count). The Bertz CT molecular complexity index is 888. The SMILES string of the molecule is CN(C)/C=C/C=C/C(=C/C=C/C=[N+](C)C)Oc1ccc([I-]c2ccccc2)cc1. The maximum absolute atomic E-state index is 6.09. The van der Waals surface area contributed by atoms with Crippen LogP contribution in [-0.2, 0) is 0 Å². The van der Waals surface area contributed by atoms with E-state index in [1.165, 1.54) is 7.14 Å². The third-order valence-electron chi connectivity index (χ3n) is 3.51. The molecule has 0 amide bonds. The number of halogens is 1. The second-order valence-corrected chi connectivity index (χ2v) is 9.71. The summed E-state index contributed by atoms with van der Waals surface area (Å²) in [6.45, 7) is 0. The van der Waals surface area contributed by atoms with Gasteiger partial charge in [0.25, 0.3) is 0 Å². The molecule has 0 unspecified atom stereocenters. The monoisotopic (exact) mass is 500 g/mol. The van der Waals surface area contributed by atoms with Crippen LogP contribution in [-0.4, -0.2) is 43.9 Å². The molecule has 2 aromatic rings. The molecule has 0 atom stereocenters. The van der Waals surface area contributed by atoms with E-state index in [9.17, 15) is 0 Å². The summed E-state index contributed by atoms with van der Waals surface area (Å²) >= 11 is -0.160. The zero-order chi connectivity index (χ0) is 20.9. The second-order valence-electron chi connectivity index (χ2n) is 6.68. The molecule has 29 heavy (non-hydrogen) atoms. The Morgan fingerprint density at radius 3 is 2.21 bits per heavy atom. The van der Waals surface area contributed by atoms with Crippen LogP contribution in [0.4, 0.5) is 0 Å². The Hall–Kier alpha value is -2.60. The van der Waals surface area contributed by atoms with Crippen LogP contribution in [0.3, 0.4) is 0 Å². The topological polar surface area (TPSA) is 15.5 Å². The summed E-state index contributed by atoms with van der Waals surface area (Å²) in [4.78, 5) is 2.00. The molecule has 0 heterocycles. The van der Waals surface area contributed by atoms with Crippen LogP contribution in [0.2, 0.25) is 0 Å². The Morgan fingerprint density at radius 1 is 0.862 bits per heavy atom. The summed E-state index contributed by atoms with van der Waals surface area (Å²) in [5.74, 6) is 1.62. The van der Waals surface area contributed by atoms with Crippen molar-refractivity contribution in [3.63, 3.8) is 0 Å². The molecule has 0 radical (unpaired) electrons. The zero-order valence-electron chi connectivity index (χ0n) is 17.5. The van der Waals surface area contributed by atoms with E-state index in [-0.39, 0.29) is 21.2 Å². The van der Waals surface area contributed by atoms with E-state index in [1.54, 1.807) is 0 Å². The van der Waals surface area contributed by atoms with Gasteiger partial charge in [-0.2, -0.15) is 0 Å². The fourth-order valence-corrected chi connectivity index (χ4v) is 4.39. The van der Waals surface area contributed by atoms with E-state index in [4.69, 9.17) is 4.74 Å². The van der Waals surface area contributed by atoms with Crippen molar-refractivity contribution < 1.29 is 30.5 Å². The van der Waals surface area contributed by atoms with Crippen molar-refractivity contribution in [2.24, 2.45) is 0 Å². The molecule has 3 nitrogen and oxygen atoms in total. The number of hydrogen-bond donors (Lipinski definition) is 0. The summed E-state index contributed by atoms with van der Waals surface area (Å²) in [6.07, 6.45) is 15.8. The molecule has 0 bridgehead atoms. The first kappa shape index (κ1) is 22.7. The predicted octanol–water partition coefficient (Wildman–Crippen LogP) is 1.61. The van der Waals surface area contributed by atoms with Crippen LogP contribution in [0.5, 0.6) is 5.75 Å². The van der Waals surface area contributed by atoms with Crippen LogP contribution in [0.15, 0.2) is 103 Å². The normalized spacial score (nSPS) is 12.2. The Morgan fingerprint density at radius 2 is 1.55 bits per heavy atom. The molecule has 0 aliphatic rings. The molecule has 0 aliphatic carbocycles. The summed E-state index contributed by atoms with van der Waals surface area (Å²) < 4.78 is 10.9. The molecule has 2 aromatic carbocycles. The van der Waals surface area contributed by atoms with Crippen LogP contribution in [0.25, 0.3) is 0 Å². The van der Waals surface area contributed by atoms with Crippen LogP contribution in [0.1, 0.15) is 0 Å². The van der Waals surface area contributed by atoms with Crippen molar-refractivity contribution >= 4 is 6.21 Å². The van der Waals surface area contributed by atoms with Crippen molar-refractivity contribution in [2.75, 3.05) is 28.2 Å². The summed E-state index contributed by atoms with van der Waals surface area (Å²) in [5.41, 5.74) is 0. The van der Waals surface area contributed by atoms with E-state index in [0.29, 0.717) is 0 Å². The van der Waals surface area contributed by atoms with Gasteiger partial charge in [0.2, 0.25) is 0 Å². The van der Waals surface area contributed by atoms with E-state index >= 15 is 0 Å². The molecule has 0 saturated heterocycles. The van der Waals surface area contributed by atoms with Crippen molar-refractivity contribution in [3.8, 4) is 5.75 Å². The Balaban J connectivity index is 2.09. The number of nitrogens with zero attached hydrogens (tertiary/aromatic N) is 2. The summed E-state index contributed by atoms with van der Waals surface area (Å²) in [7, 11) is 7.99. The van der Waals surface area contributed by atoms with Gasteiger partial charge in [-0.05, 0) is 0 Å². The van der Waals surface area contributed by atoms with Crippen molar-refractivity contribution in [3.05, 3.63) is 110 Å². The quantitative estimate of drug-likeness (QED) is 0.171. The van der Waals surface area contributed by atoms with E-state index in [2.05, 4.69) is 42.5 Å². The zero-order valence-corrected chi connectivity index (χ0v) is 19.7. The third-order valence-corrected chi connectivity index (χ3v) is 6.20. The fraction of sp³-hybridized carbons (Fsp3) is 0.160. The van der Waals surface area contributed by atoms with E-state index < -0.39 is 0 Å². The molecule has 4 heteroatoms. The Labute approximate surface area is 185 Å². The number of allylic oxidation sites excluding steroid dienone is 6. The van der Waals surface area contributed by atoms with E-state index in [1.807, 2.05) is 98.7 Å². The minimum absolute atomic E-state index is 0.160. The van der Waals surface area contributed by atoms with Gasteiger partial charge in [-0.3, -0.25) is 0 Å². The first-order chi connectivity index (χ1) is 14.0. The first-order valence-electron chi connectivity index (χ1n) is 9.40. The summed E-state index contributed by atoms with van der Waals surface area (Å²) in [5, 5.41) is 0. The van der Waals surface area contributed by atoms with Gasteiger partial charge in [0.05, 0.1) is 0 Å². The molecule has 0 spiro atoms. The Kier molecular flexibility index (Phi) is 10.00. The van der Waals surface area contributed by atoms with Crippen LogP contribution < -0.4 is 25.9 Å². The van der Waals surface area contributed by atoms with Gasteiger partial charge in [-0.25, -0.2) is 0 Å². The summed E-state index contributed by atoms with van der Waals surface area (Å²) in [6, 6.07) is 19.1. The van der Waals surface area contributed by atoms with Gasteiger partial charge in [-0.15, -0.1) is 0 Å². The average Bonchev–Trinajstić information content (AvgIpc) is 2.70. The van der Waals surface area contributed by atoms with E-state index in [0.717, 1.165) is 11.5 Å². The molecule has 152 valence electrons. The number of benzene rings is 2. The molecular formula is C25H29IN2O. The van der Waals surface area contributed by atoms with Gasteiger partial charge < -0.3 is 0 Å². The van der Waals surface area contributed by atoms with Crippen LogP contribution >= 0.6 is 0 Å². The van der Waals surface area contributed by atoms with Crippen molar-refractivity contribution in [1.82, 2.24) is 4.90 Å². The number of hydrogen-bond acceptors (Lipinski definition) is 2. The fourth-order valence-electron chi connectivity index (χ4n) is 2.17. The predicted molar refractivity (Wildman–Crippen MR) is 118 cm³/mol. The first-order valence-corrected chi connectivity index (χ1v) is 11.6. The van der Waals surface area contributed by atoms with Crippen molar-refractivity contribution in [1.29, 1.82) is 0 Å². The third kappa shape index (κ3) is 9.94. The average molecular weight is 500 g/mol. The molecule has 0 N–H and O–H groups in total. The van der Waals surface area contributed by atoms with Gasteiger partial charge in [0.1, 0.15) is 0 Å². The van der Waals surface area contributed by atoms with Crippen LogP contribution in [0, 0.1) is 7.14 Å². The van der Waals surface area contributed by atoms with Crippen molar-refractivity contribution in [2.45, 2.75) is 0 Å². The number of rotatable bonds is 9. The minimum atomic E-state index is -0.160. The molecule has 0 aliphatic heterocycles. The molecule has 0 fully saturated rings. The molecule has 0 saturated carbocycles. The second kappa shape index (κ2) is 12.8. The molecular weight excluding hydrogens is 471 g/mol. The van der Waals surface area contributed by atoms with Gasteiger partial charge in [-0.1, -0.05) is 0 Å². The van der Waals surface area contributed by atoms with Gasteiger partial charge in [0.15, 0.2) is 0 Å².